The molecule has 12 heavy (non-hydrogen) atoms. The lowest BCUT2D eigenvalue weighted by Crippen LogP contribution is -2.58. The van der Waals surface area contributed by atoms with Crippen molar-refractivity contribution in [1.82, 2.24) is 4.90 Å². The summed E-state index contributed by atoms with van der Waals surface area (Å²) in [5.74, 6) is -3.09. The van der Waals surface area contributed by atoms with E-state index in [9.17, 15) is 13.6 Å². The third-order valence-corrected chi connectivity index (χ3v) is 1.55. The van der Waals surface area contributed by atoms with Gasteiger partial charge in [0.25, 0.3) is 5.92 Å². The van der Waals surface area contributed by atoms with Crippen LogP contribution < -0.4 is 5.73 Å². The van der Waals surface area contributed by atoms with Gasteiger partial charge in [0.2, 0.25) is 5.91 Å². The van der Waals surface area contributed by atoms with Crippen molar-refractivity contribution in [3.05, 3.63) is 12.2 Å². The van der Waals surface area contributed by atoms with Gasteiger partial charge in [-0.15, -0.1) is 0 Å². The number of halogens is 2. The molecule has 0 saturated carbocycles. The summed E-state index contributed by atoms with van der Waals surface area (Å²) in [7, 11) is 0. The van der Waals surface area contributed by atoms with E-state index in [1.54, 1.807) is 0 Å². The number of amides is 1. The predicted molar refractivity (Wildman–Crippen MR) is 39.7 cm³/mol. The number of likely N-dealkylation sites (tertiary alicyclic amines) is 1. The highest BCUT2D eigenvalue weighted by Gasteiger charge is 2.45. The first kappa shape index (κ1) is 9.12. The Labute approximate surface area is 68.8 Å². The van der Waals surface area contributed by atoms with Crippen LogP contribution in [0.2, 0.25) is 0 Å². The summed E-state index contributed by atoms with van der Waals surface area (Å²) in [5.41, 5.74) is 5.08. The smallest absolute Gasteiger partial charge is 0.282 e. The monoisotopic (exact) mass is 176 g/mol. The van der Waals surface area contributed by atoms with Crippen LogP contribution in [0, 0.1) is 0 Å². The first-order valence-corrected chi connectivity index (χ1v) is 3.58. The highest BCUT2D eigenvalue weighted by molar-refractivity contribution is 5.88. The van der Waals surface area contributed by atoms with Crippen LogP contribution in [0.4, 0.5) is 8.78 Å². The van der Waals surface area contributed by atoms with Gasteiger partial charge in [-0.1, -0.05) is 6.08 Å². The van der Waals surface area contributed by atoms with Crippen molar-refractivity contribution in [2.75, 3.05) is 19.6 Å². The number of carbonyl (C=O) groups is 1. The molecule has 1 heterocycles. The van der Waals surface area contributed by atoms with Crippen molar-refractivity contribution in [3.63, 3.8) is 0 Å². The maximum atomic E-state index is 12.2. The number of hydrogen-bond donors (Lipinski definition) is 1. The molecule has 5 heteroatoms. The van der Waals surface area contributed by atoms with E-state index in [-0.39, 0.29) is 6.54 Å². The fourth-order valence-electron chi connectivity index (χ4n) is 0.942. The minimum atomic E-state index is -2.69. The molecular weight excluding hydrogens is 166 g/mol. The van der Waals surface area contributed by atoms with Crippen molar-refractivity contribution >= 4 is 5.91 Å². The average molecular weight is 176 g/mol. The Kier molecular flexibility index (Phi) is 2.42. The van der Waals surface area contributed by atoms with Crippen LogP contribution in [0.3, 0.4) is 0 Å². The summed E-state index contributed by atoms with van der Waals surface area (Å²) >= 11 is 0. The first-order chi connectivity index (χ1) is 5.55. The highest BCUT2D eigenvalue weighted by atomic mass is 19.3. The normalized spacial score (nSPS) is 21.1. The number of hydrogen-bond acceptors (Lipinski definition) is 2. The van der Waals surface area contributed by atoms with Crippen molar-refractivity contribution in [2.24, 2.45) is 5.73 Å². The van der Waals surface area contributed by atoms with E-state index < -0.39 is 24.9 Å². The van der Waals surface area contributed by atoms with Crippen molar-refractivity contribution in [3.8, 4) is 0 Å². The van der Waals surface area contributed by atoms with E-state index in [0.717, 1.165) is 4.90 Å². The number of carbonyl (C=O) groups excluding carboxylic acids is 1. The largest absolute Gasteiger partial charge is 0.327 e. The standard InChI is InChI=1S/C7H10F2N2O/c8-7(9)4-11(5-7)6(12)2-1-3-10/h1-2H,3-5,10H2/b2-1+. The topological polar surface area (TPSA) is 46.3 Å². The Morgan fingerprint density at radius 2 is 2.17 bits per heavy atom. The van der Waals surface area contributed by atoms with Gasteiger partial charge in [-0.25, -0.2) is 8.78 Å². The van der Waals surface area contributed by atoms with Crippen LogP contribution in [-0.4, -0.2) is 36.4 Å². The molecule has 1 fully saturated rings. The van der Waals surface area contributed by atoms with Gasteiger partial charge in [-0.2, -0.15) is 0 Å². The Morgan fingerprint density at radius 1 is 1.58 bits per heavy atom. The molecule has 0 atom stereocenters. The van der Waals surface area contributed by atoms with Gasteiger partial charge in [0.15, 0.2) is 0 Å². The summed E-state index contributed by atoms with van der Waals surface area (Å²) in [5, 5.41) is 0. The zero-order valence-electron chi connectivity index (χ0n) is 6.46. The number of nitrogens with zero attached hydrogens (tertiary/aromatic N) is 1. The van der Waals surface area contributed by atoms with Crippen LogP contribution in [0.5, 0.6) is 0 Å². The molecule has 1 aliphatic rings. The second-order valence-corrected chi connectivity index (χ2v) is 2.69. The zero-order valence-corrected chi connectivity index (χ0v) is 6.46. The molecule has 1 rings (SSSR count). The van der Waals surface area contributed by atoms with Gasteiger partial charge in [-0.3, -0.25) is 4.79 Å². The van der Waals surface area contributed by atoms with Gasteiger partial charge < -0.3 is 10.6 Å². The van der Waals surface area contributed by atoms with Crippen LogP contribution in [-0.2, 0) is 4.79 Å². The van der Waals surface area contributed by atoms with E-state index in [0.29, 0.717) is 0 Å². The Balaban J connectivity index is 2.33. The predicted octanol–water partition coefficient (Wildman–Crippen LogP) is -0.0212. The van der Waals surface area contributed by atoms with Gasteiger partial charge in [0, 0.05) is 12.6 Å². The number of rotatable bonds is 2. The van der Waals surface area contributed by atoms with Crippen LogP contribution in [0.15, 0.2) is 12.2 Å². The summed E-state index contributed by atoms with van der Waals surface area (Å²) in [4.78, 5) is 12.0. The SMILES string of the molecule is NC/C=C/C(=O)N1CC(F)(F)C1. The molecule has 0 unspecified atom stereocenters. The lowest BCUT2D eigenvalue weighted by Gasteiger charge is -2.37. The molecule has 0 aromatic heterocycles. The zero-order chi connectivity index (χ0) is 9.19. The summed E-state index contributed by atoms with van der Waals surface area (Å²) in [6, 6.07) is 0. The number of alkyl halides is 2. The van der Waals surface area contributed by atoms with E-state index in [2.05, 4.69) is 0 Å². The molecule has 0 aromatic carbocycles. The van der Waals surface area contributed by atoms with Gasteiger partial charge >= 0.3 is 0 Å². The van der Waals surface area contributed by atoms with Gasteiger partial charge in [0.1, 0.15) is 0 Å². The summed E-state index contributed by atoms with van der Waals surface area (Å²) in [6.45, 7) is -0.697. The number of nitrogens with two attached hydrogens (primary N) is 1. The second-order valence-electron chi connectivity index (χ2n) is 2.69. The Hall–Kier alpha value is -0.970. The molecule has 0 aliphatic carbocycles. The third kappa shape index (κ3) is 2.01. The fourth-order valence-corrected chi connectivity index (χ4v) is 0.942. The maximum absolute atomic E-state index is 12.2. The highest BCUT2D eigenvalue weighted by Crippen LogP contribution is 2.26. The minimum Gasteiger partial charge on any atom is -0.327 e. The van der Waals surface area contributed by atoms with Gasteiger partial charge in [-0.05, 0) is 0 Å². The molecular formula is C7H10F2N2O. The first-order valence-electron chi connectivity index (χ1n) is 3.58. The molecule has 0 radical (unpaired) electrons. The lowest BCUT2D eigenvalue weighted by atomic mass is 10.1. The van der Waals surface area contributed by atoms with E-state index in [4.69, 9.17) is 5.73 Å². The Bertz CT molecular complexity index is 207. The van der Waals surface area contributed by atoms with Crippen molar-refractivity contribution < 1.29 is 13.6 Å². The minimum absolute atomic E-state index is 0.246. The third-order valence-electron chi connectivity index (χ3n) is 1.55. The summed E-state index contributed by atoms with van der Waals surface area (Å²) < 4.78 is 24.5. The molecule has 0 aromatic rings. The molecule has 2 N–H and O–H groups in total. The van der Waals surface area contributed by atoms with E-state index in [1.165, 1.54) is 12.2 Å². The quantitative estimate of drug-likeness (QED) is 0.601. The van der Waals surface area contributed by atoms with Crippen molar-refractivity contribution in [1.29, 1.82) is 0 Å². The molecule has 68 valence electrons. The maximum Gasteiger partial charge on any atom is 0.282 e. The molecule has 3 nitrogen and oxygen atoms in total. The van der Waals surface area contributed by atoms with Gasteiger partial charge in [0.05, 0.1) is 13.1 Å². The molecule has 0 spiro atoms. The summed E-state index contributed by atoms with van der Waals surface area (Å²) in [6.07, 6.45) is 2.66. The van der Waals surface area contributed by atoms with Crippen LogP contribution in [0.1, 0.15) is 0 Å². The van der Waals surface area contributed by atoms with E-state index >= 15 is 0 Å². The average Bonchev–Trinajstić information content (AvgIpc) is 1.95. The Morgan fingerprint density at radius 3 is 2.58 bits per heavy atom. The second kappa shape index (κ2) is 3.18. The molecule has 1 amide bonds. The van der Waals surface area contributed by atoms with Crippen molar-refractivity contribution in [2.45, 2.75) is 5.92 Å². The molecule has 1 aliphatic heterocycles. The van der Waals surface area contributed by atoms with Crippen LogP contribution in [0.25, 0.3) is 0 Å². The lowest BCUT2D eigenvalue weighted by molar-refractivity contribution is -0.160. The molecule has 0 bridgehead atoms. The van der Waals surface area contributed by atoms with Crippen LogP contribution >= 0.6 is 0 Å². The van der Waals surface area contributed by atoms with E-state index in [1.807, 2.05) is 0 Å². The molecule has 1 saturated heterocycles. The fraction of sp³-hybridized carbons (Fsp3) is 0.571.